The van der Waals surface area contributed by atoms with Crippen LogP contribution in [0, 0.1) is 12.8 Å². The molecule has 1 unspecified atom stereocenters. The third-order valence-electron chi connectivity index (χ3n) is 2.46. The zero-order valence-electron chi connectivity index (χ0n) is 8.06. The number of rotatable bonds is 4. The van der Waals surface area contributed by atoms with Gasteiger partial charge in [0.15, 0.2) is 5.82 Å². The van der Waals surface area contributed by atoms with E-state index in [1.165, 1.54) is 12.8 Å². The molecule has 0 saturated heterocycles. The predicted octanol–water partition coefficient (Wildman–Crippen LogP) is 0.747. The first-order valence-corrected chi connectivity index (χ1v) is 4.76. The second kappa shape index (κ2) is 3.40. The van der Waals surface area contributed by atoms with Gasteiger partial charge in [0, 0.05) is 6.92 Å². The number of primary amides is 1. The largest absolute Gasteiger partial charge is 0.369 e. The van der Waals surface area contributed by atoms with Gasteiger partial charge in [0.25, 0.3) is 0 Å². The van der Waals surface area contributed by atoms with Crippen molar-refractivity contribution in [2.24, 2.45) is 11.7 Å². The van der Waals surface area contributed by atoms with Gasteiger partial charge < -0.3 is 10.3 Å². The lowest BCUT2D eigenvalue weighted by Gasteiger charge is -2.06. The number of nitrogens with two attached hydrogens (primary N) is 1. The Labute approximate surface area is 81.7 Å². The van der Waals surface area contributed by atoms with Crippen molar-refractivity contribution in [2.45, 2.75) is 32.1 Å². The molecular weight excluding hydrogens is 182 g/mol. The summed E-state index contributed by atoms with van der Waals surface area (Å²) < 4.78 is 4.83. The highest BCUT2D eigenvalue weighted by Gasteiger charge is 2.31. The van der Waals surface area contributed by atoms with Gasteiger partial charge in [-0.25, -0.2) is 0 Å². The summed E-state index contributed by atoms with van der Waals surface area (Å²) in [7, 11) is 0. The van der Waals surface area contributed by atoms with Gasteiger partial charge in [0.2, 0.25) is 11.8 Å². The minimum absolute atomic E-state index is 0.363. The molecule has 1 aromatic rings. The Balaban J connectivity index is 2.12. The van der Waals surface area contributed by atoms with E-state index in [-0.39, 0.29) is 11.8 Å². The van der Waals surface area contributed by atoms with Crippen LogP contribution in [-0.4, -0.2) is 16.0 Å². The number of hydrogen-bond donors (Lipinski definition) is 1. The number of amides is 1. The van der Waals surface area contributed by atoms with E-state index in [1.54, 1.807) is 6.92 Å². The third kappa shape index (κ3) is 1.92. The predicted molar refractivity (Wildman–Crippen MR) is 48.3 cm³/mol. The minimum Gasteiger partial charge on any atom is -0.369 e. The summed E-state index contributed by atoms with van der Waals surface area (Å²) in [6.45, 7) is 1.70. The SMILES string of the molecule is Cc1nc(C(CC2CC2)C(N)=O)no1. The highest BCUT2D eigenvalue weighted by Crippen LogP contribution is 2.37. The van der Waals surface area contributed by atoms with Crippen LogP contribution in [0.5, 0.6) is 0 Å². The van der Waals surface area contributed by atoms with Crippen LogP contribution < -0.4 is 5.73 Å². The van der Waals surface area contributed by atoms with Crippen molar-refractivity contribution in [1.82, 2.24) is 10.1 Å². The second-order valence-corrected chi connectivity index (χ2v) is 3.81. The maximum Gasteiger partial charge on any atom is 0.228 e. The van der Waals surface area contributed by atoms with Gasteiger partial charge in [-0.05, 0) is 12.3 Å². The molecule has 1 aliphatic carbocycles. The average Bonchev–Trinajstić information content (AvgIpc) is 2.84. The normalized spacial score (nSPS) is 18.1. The topological polar surface area (TPSA) is 82.0 Å². The smallest absolute Gasteiger partial charge is 0.228 e. The molecule has 1 atom stereocenters. The van der Waals surface area contributed by atoms with Crippen LogP contribution in [0.15, 0.2) is 4.52 Å². The molecule has 0 aromatic carbocycles. The quantitative estimate of drug-likeness (QED) is 0.768. The van der Waals surface area contributed by atoms with Gasteiger partial charge in [0.05, 0.1) is 0 Å². The highest BCUT2D eigenvalue weighted by atomic mass is 16.5. The van der Waals surface area contributed by atoms with E-state index in [2.05, 4.69) is 10.1 Å². The van der Waals surface area contributed by atoms with Gasteiger partial charge in [-0.1, -0.05) is 18.0 Å². The molecule has 5 nitrogen and oxygen atoms in total. The van der Waals surface area contributed by atoms with Crippen LogP contribution in [-0.2, 0) is 4.79 Å². The van der Waals surface area contributed by atoms with Crippen molar-refractivity contribution < 1.29 is 9.32 Å². The van der Waals surface area contributed by atoms with E-state index in [9.17, 15) is 4.79 Å². The van der Waals surface area contributed by atoms with E-state index in [0.717, 1.165) is 6.42 Å². The van der Waals surface area contributed by atoms with Crippen LogP contribution >= 0.6 is 0 Å². The summed E-state index contributed by atoms with van der Waals surface area (Å²) in [5.41, 5.74) is 5.29. The van der Waals surface area contributed by atoms with Crippen LogP contribution in [0.4, 0.5) is 0 Å². The second-order valence-electron chi connectivity index (χ2n) is 3.81. The van der Waals surface area contributed by atoms with Crippen molar-refractivity contribution in [3.05, 3.63) is 11.7 Å². The fourth-order valence-electron chi connectivity index (χ4n) is 1.49. The molecule has 1 aromatic heterocycles. The molecule has 0 radical (unpaired) electrons. The molecular formula is C9H13N3O2. The van der Waals surface area contributed by atoms with E-state index in [4.69, 9.17) is 10.3 Å². The van der Waals surface area contributed by atoms with Gasteiger partial charge >= 0.3 is 0 Å². The maximum atomic E-state index is 11.2. The molecule has 0 spiro atoms. The molecule has 2 N–H and O–H groups in total. The lowest BCUT2D eigenvalue weighted by molar-refractivity contribution is -0.119. The van der Waals surface area contributed by atoms with Crippen molar-refractivity contribution in [2.75, 3.05) is 0 Å². The Bertz CT molecular complexity index is 344. The molecule has 76 valence electrons. The fourth-order valence-corrected chi connectivity index (χ4v) is 1.49. The Hall–Kier alpha value is -1.39. The number of carbonyl (C=O) groups is 1. The monoisotopic (exact) mass is 195 g/mol. The van der Waals surface area contributed by atoms with E-state index in [0.29, 0.717) is 17.6 Å². The van der Waals surface area contributed by atoms with Crippen molar-refractivity contribution in [3.8, 4) is 0 Å². The van der Waals surface area contributed by atoms with E-state index < -0.39 is 0 Å². The Morgan fingerprint density at radius 2 is 2.43 bits per heavy atom. The summed E-state index contributed by atoms with van der Waals surface area (Å²) in [5.74, 6) is 0.785. The van der Waals surface area contributed by atoms with Crippen molar-refractivity contribution in [3.63, 3.8) is 0 Å². The first-order chi connectivity index (χ1) is 6.66. The van der Waals surface area contributed by atoms with Crippen molar-refractivity contribution >= 4 is 5.91 Å². The molecule has 1 heterocycles. The van der Waals surface area contributed by atoms with Gasteiger partial charge in [-0.2, -0.15) is 4.98 Å². The number of hydrogen-bond acceptors (Lipinski definition) is 4. The molecule has 0 bridgehead atoms. The van der Waals surface area contributed by atoms with Crippen LogP contribution in [0.2, 0.25) is 0 Å². The Morgan fingerprint density at radius 1 is 1.71 bits per heavy atom. The Kier molecular flexibility index (Phi) is 2.23. The minimum atomic E-state index is -0.375. The molecule has 14 heavy (non-hydrogen) atoms. The van der Waals surface area contributed by atoms with Gasteiger partial charge in [-0.15, -0.1) is 0 Å². The summed E-state index contributed by atoms with van der Waals surface area (Å²) in [4.78, 5) is 15.2. The zero-order valence-corrected chi connectivity index (χ0v) is 8.06. The number of nitrogens with zero attached hydrogens (tertiary/aromatic N) is 2. The Morgan fingerprint density at radius 3 is 2.86 bits per heavy atom. The molecule has 1 amide bonds. The molecule has 1 aliphatic rings. The summed E-state index contributed by atoms with van der Waals surface area (Å²) in [6.07, 6.45) is 3.12. The number of aromatic nitrogens is 2. The molecule has 2 rings (SSSR count). The highest BCUT2D eigenvalue weighted by molar-refractivity contribution is 5.80. The summed E-state index contributed by atoms with van der Waals surface area (Å²) in [5, 5.41) is 3.73. The number of aryl methyl sites for hydroxylation is 1. The van der Waals surface area contributed by atoms with Crippen molar-refractivity contribution in [1.29, 1.82) is 0 Å². The molecule has 1 fully saturated rings. The molecule has 5 heteroatoms. The third-order valence-corrected chi connectivity index (χ3v) is 2.46. The first kappa shape index (κ1) is 9.18. The fraction of sp³-hybridized carbons (Fsp3) is 0.667. The molecule has 0 aliphatic heterocycles. The van der Waals surface area contributed by atoms with Crippen LogP contribution in [0.25, 0.3) is 0 Å². The van der Waals surface area contributed by atoms with Crippen LogP contribution in [0.1, 0.15) is 36.9 Å². The van der Waals surface area contributed by atoms with E-state index in [1.807, 2.05) is 0 Å². The average molecular weight is 195 g/mol. The lowest BCUT2D eigenvalue weighted by atomic mass is 10.0. The van der Waals surface area contributed by atoms with Crippen LogP contribution in [0.3, 0.4) is 0 Å². The zero-order chi connectivity index (χ0) is 10.1. The maximum absolute atomic E-state index is 11.2. The molecule has 1 saturated carbocycles. The standard InChI is InChI=1S/C9H13N3O2/c1-5-11-9(12-14-5)7(8(10)13)4-6-2-3-6/h6-7H,2-4H2,1H3,(H2,10,13). The summed E-state index contributed by atoms with van der Waals surface area (Å²) in [6, 6.07) is 0. The van der Waals surface area contributed by atoms with E-state index >= 15 is 0 Å². The number of carbonyl (C=O) groups excluding carboxylic acids is 1. The van der Waals surface area contributed by atoms with Gasteiger partial charge in [-0.3, -0.25) is 4.79 Å². The summed E-state index contributed by atoms with van der Waals surface area (Å²) >= 11 is 0. The van der Waals surface area contributed by atoms with Gasteiger partial charge in [0.1, 0.15) is 5.92 Å². The first-order valence-electron chi connectivity index (χ1n) is 4.76. The lowest BCUT2D eigenvalue weighted by Crippen LogP contribution is -2.23.